The number of hydrogen-bond acceptors (Lipinski definition) is 4. The largest absolute Gasteiger partial charge is 0.397 e. The first-order valence-corrected chi connectivity index (χ1v) is 8.87. The molecule has 0 spiro atoms. The molecule has 5 nitrogen and oxygen atoms in total. The summed E-state index contributed by atoms with van der Waals surface area (Å²) in [4.78, 5) is 0. The van der Waals surface area contributed by atoms with Crippen LogP contribution in [0.25, 0.3) is 0 Å². The van der Waals surface area contributed by atoms with Crippen molar-refractivity contribution in [3.05, 3.63) is 22.4 Å². The smallest absolute Gasteiger partial charge is 0.211 e. The molecular weight excluding hydrogens is 349 g/mol. The van der Waals surface area contributed by atoms with Crippen molar-refractivity contribution in [2.24, 2.45) is 0 Å². The fourth-order valence-electron chi connectivity index (χ4n) is 2.24. The summed E-state index contributed by atoms with van der Waals surface area (Å²) in [6.45, 7) is 0.970. The molecule has 0 saturated carbocycles. The fraction of sp³-hybridized carbons (Fsp3) is 0.500. The van der Waals surface area contributed by atoms with Gasteiger partial charge in [0.1, 0.15) is 5.82 Å². The van der Waals surface area contributed by atoms with Crippen molar-refractivity contribution in [2.75, 3.05) is 30.4 Å². The lowest BCUT2D eigenvalue weighted by Gasteiger charge is -2.31. The highest BCUT2D eigenvalue weighted by atomic mass is 79.9. The van der Waals surface area contributed by atoms with Gasteiger partial charge in [-0.1, -0.05) is 0 Å². The SMILES string of the molecule is CS(=O)(=O)N1CCC(Nc2cc(Br)c(F)cc2N)CC1. The van der Waals surface area contributed by atoms with Gasteiger partial charge in [-0.05, 0) is 34.8 Å². The van der Waals surface area contributed by atoms with E-state index in [4.69, 9.17) is 5.73 Å². The van der Waals surface area contributed by atoms with E-state index in [9.17, 15) is 12.8 Å². The van der Waals surface area contributed by atoms with E-state index in [1.165, 1.54) is 16.6 Å². The molecule has 1 fully saturated rings. The Hall–Kier alpha value is -0.860. The van der Waals surface area contributed by atoms with E-state index < -0.39 is 15.8 Å². The lowest BCUT2D eigenvalue weighted by atomic mass is 10.1. The van der Waals surface area contributed by atoms with Gasteiger partial charge in [-0.25, -0.2) is 17.1 Å². The van der Waals surface area contributed by atoms with Crippen molar-refractivity contribution in [2.45, 2.75) is 18.9 Å². The van der Waals surface area contributed by atoms with Crippen molar-refractivity contribution >= 4 is 37.3 Å². The number of sulfonamides is 1. The molecule has 2 rings (SSSR count). The van der Waals surface area contributed by atoms with Gasteiger partial charge in [-0.15, -0.1) is 0 Å². The van der Waals surface area contributed by atoms with Crippen LogP contribution in [0.3, 0.4) is 0 Å². The standard InChI is InChI=1S/C12H17BrFN3O2S/c1-20(18,19)17-4-2-8(3-5-17)16-12-6-9(13)10(14)7-11(12)15/h6-8,16H,2-5,15H2,1H3. The Morgan fingerprint density at radius 3 is 2.55 bits per heavy atom. The minimum Gasteiger partial charge on any atom is -0.397 e. The third kappa shape index (κ3) is 3.62. The molecule has 1 aromatic carbocycles. The van der Waals surface area contributed by atoms with Gasteiger partial charge in [0.15, 0.2) is 0 Å². The molecule has 8 heteroatoms. The Morgan fingerprint density at radius 2 is 2.00 bits per heavy atom. The van der Waals surface area contributed by atoms with Crippen LogP contribution >= 0.6 is 15.9 Å². The van der Waals surface area contributed by atoms with E-state index in [0.717, 1.165) is 0 Å². The van der Waals surface area contributed by atoms with Crippen molar-refractivity contribution in [3.63, 3.8) is 0 Å². The summed E-state index contributed by atoms with van der Waals surface area (Å²) in [6.07, 6.45) is 2.61. The number of hydrogen-bond donors (Lipinski definition) is 2. The highest BCUT2D eigenvalue weighted by Crippen LogP contribution is 2.28. The van der Waals surface area contributed by atoms with Crippen molar-refractivity contribution in [1.29, 1.82) is 0 Å². The molecule has 20 heavy (non-hydrogen) atoms. The second-order valence-corrected chi connectivity index (χ2v) is 7.77. The normalized spacial score (nSPS) is 18.1. The number of anilines is 2. The summed E-state index contributed by atoms with van der Waals surface area (Å²) in [6, 6.07) is 3.00. The van der Waals surface area contributed by atoms with E-state index in [1.807, 2.05) is 0 Å². The number of nitrogen functional groups attached to an aromatic ring is 1. The lowest BCUT2D eigenvalue weighted by Crippen LogP contribution is -2.41. The first-order valence-electron chi connectivity index (χ1n) is 6.23. The number of nitrogens with one attached hydrogen (secondary N) is 1. The third-order valence-electron chi connectivity index (χ3n) is 3.38. The van der Waals surface area contributed by atoms with Crippen LogP contribution in [0.5, 0.6) is 0 Å². The number of halogens is 2. The average molecular weight is 366 g/mol. The first kappa shape index (κ1) is 15.5. The molecule has 0 bridgehead atoms. The molecular formula is C12H17BrFN3O2S. The molecule has 0 amide bonds. The van der Waals surface area contributed by atoms with Crippen LogP contribution in [-0.4, -0.2) is 38.1 Å². The minimum atomic E-state index is -3.12. The van der Waals surface area contributed by atoms with E-state index in [-0.39, 0.29) is 6.04 Å². The number of nitrogens with zero attached hydrogens (tertiary/aromatic N) is 1. The summed E-state index contributed by atoms with van der Waals surface area (Å²) in [7, 11) is -3.12. The fourth-order valence-corrected chi connectivity index (χ4v) is 3.46. The van der Waals surface area contributed by atoms with E-state index in [0.29, 0.717) is 41.8 Å². The molecule has 0 atom stereocenters. The second-order valence-electron chi connectivity index (χ2n) is 4.93. The maximum absolute atomic E-state index is 13.3. The van der Waals surface area contributed by atoms with Crippen LogP contribution in [0.15, 0.2) is 16.6 Å². The van der Waals surface area contributed by atoms with Crippen LogP contribution in [0, 0.1) is 5.82 Å². The monoisotopic (exact) mass is 365 g/mol. The molecule has 1 aliphatic rings. The van der Waals surface area contributed by atoms with Crippen LogP contribution in [0.1, 0.15) is 12.8 Å². The summed E-state index contributed by atoms with van der Waals surface area (Å²) in [5.74, 6) is -0.403. The maximum atomic E-state index is 13.3. The van der Waals surface area contributed by atoms with Gasteiger partial charge in [-0.3, -0.25) is 0 Å². The highest BCUT2D eigenvalue weighted by Gasteiger charge is 2.25. The first-order chi connectivity index (χ1) is 9.27. The van der Waals surface area contributed by atoms with Gasteiger partial charge in [0, 0.05) is 25.2 Å². The molecule has 0 aromatic heterocycles. The molecule has 0 radical (unpaired) electrons. The van der Waals surface area contributed by atoms with Crippen LogP contribution in [0.2, 0.25) is 0 Å². The summed E-state index contributed by atoms with van der Waals surface area (Å²) in [5, 5.41) is 3.25. The summed E-state index contributed by atoms with van der Waals surface area (Å²) < 4.78 is 38.0. The van der Waals surface area contributed by atoms with Crippen LogP contribution in [0.4, 0.5) is 15.8 Å². The highest BCUT2D eigenvalue weighted by molar-refractivity contribution is 9.10. The molecule has 1 aromatic rings. The van der Waals surface area contributed by atoms with E-state index in [2.05, 4.69) is 21.2 Å². The predicted molar refractivity (Wildman–Crippen MR) is 81.6 cm³/mol. The van der Waals surface area contributed by atoms with Gasteiger partial charge in [0.2, 0.25) is 10.0 Å². The van der Waals surface area contributed by atoms with Crippen molar-refractivity contribution < 1.29 is 12.8 Å². The number of piperidine rings is 1. The summed E-state index contributed by atoms with van der Waals surface area (Å²) >= 11 is 3.12. The second kappa shape index (κ2) is 5.87. The van der Waals surface area contributed by atoms with Gasteiger partial charge in [-0.2, -0.15) is 0 Å². The van der Waals surface area contributed by atoms with Gasteiger partial charge in [0.25, 0.3) is 0 Å². The molecule has 112 valence electrons. The number of rotatable bonds is 3. The molecule has 1 heterocycles. The van der Waals surface area contributed by atoms with Crippen LogP contribution < -0.4 is 11.1 Å². The topological polar surface area (TPSA) is 75.4 Å². The van der Waals surface area contributed by atoms with Crippen molar-refractivity contribution in [1.82, 2.24) is 4.31 Å². The zero-order chi connectivity index (χ0) is 14.9. The maximum Gasteiger partial charge on any atom is 0.211 e. The molecule has 1 aliphatic heterocycles. The third-order valence-corrected chi connectivity index (χ3v) is 5.29. The Labute approximate surface area is 126 Å². The summed E-state index contributed by atoms with van der Waals surface area (Å²) in [5.41, 5.74) is 6.78. The Bertz CT molecular complexity index is 601. The molecule has 0 aliphatic carbocycles. The van der Waals surface area contributed by atoms with Gasteiger partial charge in [0.05, 0.1) is 22.1 Å². The van der Waals surface area contributed by atoms with Crippen molar-refractivity contribution in [3.8, 4) is 0 Å². The predicted octanol–water partition coefficient (Wildman–Crippen LogP) is 2.01. The Morgan fingerprint density at radius 1 is 1.40 bits per heavy atom. The van der Waals surface area contributed by atoms with Gasteiger partial charge >= 0.3 is 0 Å². The van der Waals surface area contributed by atoms with Gasteiger partial charge < -0.3 is 11.1 Å². The molecule has 1 saturated heterocycles. The minimum absolute atomic E-state index is 0.132. The lowest BCUT2D eigenvalue weighted by molar-refractivity contribution is 0.332. The number of nitrogens with two attached hydrogens (primary N) is 1. The zero-order valence-corrected chi connectivity index (χ0v) is 13.5. The van der Waals surface area contributed by atoms with E-state index >= 15 is 0 Å². The zero-order valence-electron chi connectivity index (χ0n) is 11.1. The van der Waals surface area contributed by atoms with Crippen LogP contribution in [-0.2, 0) is 10.0 Å². The Kier molecular flexibility index (Phi) is 4.55. The average Bonchev–Trinajstić information content (AvgIpc) is 2.35. The van der Waals surface area contributed by atoms with E-state index in [1.54, 1.807) is 6.07 Å². The molecule has 0 unspecified atom stereocenters. The Balaban J connectivity index is 2.01. The molecule has 3 N–H and O–H groups in total. The number of benzene rings is 1. The quantitative estimate of drug-likeness (QED) is 0.803.